The van der Waals surface area contributed by atoms with Crippen LogP contribution >= 0.6 is 0 Å². The van der Waals surface area contributed by atoms with Gasteiger partial charge in [0.2, 0.25) is 0 Å². The molecule has 0 aliphatic carbocycles. The Morgan fingerprint density at radius 3 is 2.69 bits per heavy atom. The summed E-state index contributed by atoms with van der Waals surface area (Å²) in [4.78, 5) is 21.1. The maximum atomic E-state index is 12.6. The van der Waals surface area contributed by atoms with Crippen LogP contribution in [0.2, 0.25) is 0 Å². The number of likely N-dealkylation sites (tertiary alicyclic amines) is 1. The average Bonchev–Trinajstić information content (AvgIpc) is 2.70. The topological polar surface area (TPSA) is 54.9 Å². The predicted molar refractivity (Wildman–Crippen MR) is 98.1 cm³/mol. The summed E-state index contributed by atoms with van der Waals surface area (Å²) in [6, 6.07) is 3.57. The minimum absolute atomic E-state index is 0.0953. The summed E-state index contributed by atoms with van der Waals surface area (Å²) in [5.74, 6) is 0.102. The first-order valence-corrected chi connectivity index (χ1v) is 9.91. The normalized spacial score (nSPS) is 26.8. The minimum atomic E-state index is -0.0953. The fourth-order valence-corrected chi connectivity index (χ4v) is 4.42. The molecule has 3 saturated heterocycles. The monoisotopic (exact) mass is 359 g/mol. The maximum Gasteiger partial charge on any atom is 0.253 e. The van der Waals surface area contributed by atoms with Crippen molar-refractivity contribution < 1.29 is 14.3 Å². The third-order valence-electron chi connectivity index (χ3n) is 5.95. The Morgan fingerprint density at radius 2 is 1.96 bits per heavy atom. The smallest absolute Gasteiger partial charge is 0.253 e. The van der Waals surface area contributed by atoms with E-state index in [2.05, 4.69) is 9.88 Å². The summed E-state index contributed by atoms with van der Waals surface area (Å²) < 4.78 is 12.1. The number of pyridine rings is 1. The number of morpholine rings is 1. The SMILES string of the molecule is O=C(c1ccncc1)N1CCC2(CC1)CN(CC1CCCCO1)CCO2. The zero-order valence-corrected chi connectivity index (χ0v) is 15.4. The molecule has 0 bridgehead atoms. The van der Waals surface area contributed by atoms with Crippen molar-refractivity contribution in [2.24, 2.45) is 0 Å². The van der Waals surface area contributed by atoms with E-state index in [1.54, 1.807) is 24.5 Å². The van der Waals surface area contributed by atoms with Crippen LogP contribution in [0.25, 0.3) is 0 Å². The van der Waals surface area contributed by atoms with E-state index in [0.29, 0.717) is 6.10 Å². The third kappa shape index (κ3) is 4.08. The van der Waals surface area contributed by atoms with Gasteiger partial charge in [-0.25, -0.2) is 0 Å². The summed E-state index contributed by atoms with van der Waals surface area (Å²) in [7, 11) is 0. The van der Waals surface area contributed by atoms with Crippen LogP contribution in [0.4, 0.5) is 0 Å². The van der Waals surface area contributed by atoms with E-state index in [1.807, 2.05) is 4.90 Å². The lowest BCUT2D eigenvalue weighted by Gasteiger charge is -2.48. The van der Waals surface area contributed by atoms with Gasteiger partial charge in [0.15, 0.2) is 0 Å². The molecule has 0 saturated carbocycles. The van der Waals surface area contributed by atoms with Crippen molar-refractivity contribution >= 4 is 5.91 Å². The number of rotatable bonds is 3. The first-order chi connectivity index (χ1) is 12.7. The summed E-state index contributed by atoms with van der Waals surface area (Å²) in [5.41, 5.74) is 0.624. The quantitative estimate of drug-likeness (QED) is 0.826. The zero-order chi connectivity index (χ0) is 17.8. The van der Waals surface area contributed by atoms with Crippen molar-refractivity contribution in [3.8, 4) is 0 Å². The lowest BCUT2D eigenvalue weighted by Crippen LogP contribution is -2.58. The van der Waals surface area contributed by atoms with Crippen LogP contribution in [0.1, 0.15) is 42.5 Å². The molecule has 1 spiro atoms. The van der Waals surface area contributed by atoms with Gasteiger partial charge >= 0.3 is 0 Å². The maximum absolute atomic E-state index is 12.6. The number of nitrogens with zero attached hydrogens (tertiary/aromatic N) is 3. The highest BCUT2D eigenvalue weighted by molar-refractivity contribution is 5.94. The van der Waals surface area contributed by atoms with Gasteiger partial charge in [0.25, 0.3) is 5.91 Å². The van der Waals surface area contributed by atoms with Crippen molar-refractivity contribution in [3.63, 3.8) is 0 Å². The van der Waals surface area contributed by atoms with E-state index in [-0.39, 0.29) is 11.5 Å². The molecule has 4 rings (SSSR count). The van der Waals surface area contributed by atoms with Gasteiger partial charge in [0.05, 0.1) is 18.3 Å². The Morgan fingerprint density at radius 1 is 1.15 bits per heavy atom. The molecule has 1 aromatic heterocycles. The Labute approximate surface area is 155 Å². The highest BCUT2D eigenvalue weighted by Crippen LogP contribution is 2.31. The minimum Gasteiger partial charge on any atom is -0.377 e. The highest BCUT2D eigenvalue weighted by atomic mass is 16.5. The summed E-state index contributed by atoms with van der Waals surface area (Å²) >= 11 is 0. The van der Waals surface area contributed by atoms with Crippen LogP contribution < -0.4 is 0 Å². The number of amides is 1. The number of hydrogen-bond acceptors (Lipinski definition) is 5. The highest BCUT2D eigenvalue weighted by Gasteiger charge is 2.41. The third-order valence-corrected chi connectivity index (χ3v) is 5.95. The summed E-state index contributed by atoms with van der Waals surface area (Å²) in [6.45, 7) is 6.18. The standard InChI is InChI=1S/C20H29N3O3/c24-19(17-4-8-21-9-5-17)23-10-6-20(7-11-23)16-22(12-14-26-20)15-18-3-1-2-13-25-18/h4-5,8-9,18H,1-3,6-7,10-16H2. The molecule has 1 atom stereocenters. The van der Waals surface area contributed by atoms with Crippen LogP contribution in [0.15, 0.2) is 24.5 Å². The molecule has 3 aliphatic rings. The number of carbonyl (C=O) groups is 1. The van der Waals surface area contributed by atoms with E-state index in [9.17, 15) is 4.79 Å². The van der Waals surface area contributed by atoms with Crippen LogP contribution in [-0.4, -0.2) is 78.3 Å². The van der Waals surface area contributed by atoms with Gasteiger partial charge in [-0.1, -0.05) is 0 Å². The predicted octanol–water partition coefficient (Wildman–Crippen LogP) is 1.96. The molecule has 1 aromatic rings. The summed E-state index contributed by atoms with van der Waals surface area (Å²) in [5, 5.41) is 0. The molecule has 142 valence electrons. The van der Waals surface area contributed by atoms with Gasteiger partial charge in [-0.05, 0) is 44.2 Å². The molecule has 3 aliphatic heterocycles. The summed E-state index contributed by atoms with van der Waals surface area (Å²) in [6.07, 6.45) is 9.21. The molecule has 26 heavy (non-hydrogen) atoms. The number of piperidine rings is 1. The van der Waals surface area contributed by atoms with Crippen LogP contribution in [0, 0.1) is 0 Å². The number of hydrogen-bond donors (Lipinski definition) is 0. The molecule has 1 amide bonds. The van der Waals surface area contributed by atoms with Gasteiger partial charge in [0, 0.05) is 57.3 Å². The molecule has 3 fully saturated rings. The Bertz CT molecular complexity index is 596. The Hall–Kier alpha value is -1.50. The molecule has 1 unspecified atom stereocenters. The number of carbonyl (C=O) groups excluding carboxylic acids is 1. The van der Waals surface area contributed by atoms with Crippen molar-refractivity contribution in [2.45, 2.75) is 43.8 Å². The first kappa shape index (κ1) is 17.9. The number of ether oxygens (including phenoxy) is 2. The molecule has 6 heteroatoms. The van der Waals surface area contributed by atoms with E-state index in [1.165, 1.54) is 19.3 Å². The van der Waals surface area contributed by atoms with E-state index >= 15 is 0 Å². The Balaban J connectivity index is 1.31. The van der Waals surface area contributed by atoms with E-state index in [4.69, 9.17) is 9.47 Å². The van der Waals surface area contributed by atoms with Gasteiger partial charge < -0.3 is 14.4 Å². The Kier molecular flexibility index (Phi) is 5.52. The number of aromatic nitrogens is 1. The van der Waals surface area contributed by atoms with Crippen molar-refractivity contribution in [1.82, 2.24) is 14.8 Å². The molecular formula is C20H29N3O3. The van der Waals surface area contributed by atoms with Crippen molar-refractivity contribution in [2.75, 3.05) is 45.9 Å². The lowest BCUT2D eigenvalue weighted by atomic mass is 9.88. The fraction of sp³-hybridized carbons (Fsp3) is 0.700. The largest absolute Gasteiger partial charge is 0.377 e. The zero-order valence-electron chi connectivity index (χ0n) is 15.4. The van der Waals surface area contributed by atoms with Gasteiger partial charge in [-0.3, -0.25) is 14.7 Å². The van der Waals surface area contributed by atoms with Crippen molar-refractivity contribution in [3.05, 3.63) is 30.1 Å². The molecule has 0 aromatic carbocycles. The van der Waals surface area contributed by atoms with E-state index < -0.39 is 0 Å². The van der Waals surface area contributed by atoms with Crippen LogP contribution in [0.5, 0.6) is 0 Å². The van der Waals surface area contributed by atoms with E-state index in [0.717, 1.165) is 64.3 Å². The second kappa shape index (κ2) is 8.03. The van der Waals surface area contributed by atoms with Gasteiger partial charge in [-0.2, -0.15) is 0 Å². The second-order valence-corrected chi connectivity index (χ2v) is 7.78. The average molecular weight is 359 g/mol. The fourth-order valence-electron chi connectivity index (χ4n) is 4.42. The molecule has 0 radical (unpaired) electrons. The molecule has 0 N–H and O–H groups in total. The van der Waals surface area contributed by atoms with Crippen LogP contribution in [0.3, 0.4) is 0 Å². The molecular weight excluding hydrogens is 330 g/mol. The molecule has 6 nitrogen and oxygen atoms in total. The first-order valence-electron chi connectivity index (χ1n) is 9.91. The lowest BCUT2D eigenvalue weighted by molar-refractivity contribution is -0.140. The molecule has 4 heterocycles. The van der Waals surface area contributed by atoms with Crippen molar-refractivity contribution in [1.29, 1.82) is 0 Å². The van der Waals surface area contributed by atoms with Gasteiger partial charge in [-0.15, -0.1) is 0 Å². The van der Waals surface area contributed by atoms with Gasteiger partial charge in [0.1, 0.15) is 0 Å². The van der Waals surface area contributed by atoms with Crippen LogP contribution in [-0.2, 0) is 9.47 Å². The second-order valence-electron chi connectivity index (χ2n) is 7.78.